The molecule has 3 saturated heterocycles. The van der Waals surface area contributed by atoms with Crippen LogP contribution in [0.2, 0.25) is 30.1 Å². The van der Waals surface area contributed by atoms with E-state index in [4.69, 9.17) is 79.1 Å². The third kappa shape index (κ3) is 22.1. The first-order valence-corrected chi connectivity index (χ1v) is 35.7. The van der Waals surface area contributed by atoms with Crippen LogP contribution in [-0.4, -0.2) is 122 Å². The van der Waals surface area contributed by atoms with Crippen molar-refractivity contribution in [2.75, 3.05) is 53.5 Å². The van der Waals surface area contributed by atoms with Crippen molar-refractivity contribution in [1.82, 2.24) is 31.1 Å². The number of likely N-dealkylation sites (tertiary alicyclic amines) is 2. The summed E-state index contributed by atoms with van der Waals surface area (Å²) in [5.74, 6) is -2.22. The summed E-state index contributed by atoms with van der Waals surface area (Å²) in [5.41, 5.74) is 9.64. The number of carboxylic acid groups (broad SMARTS) is 1. The molecule has 3 atom stereocenters. The molecule has 15 nitrogen and oxygen atoms in total. The average molecular weight is 1470 g/mol. The first kappa shape index (κ1) is 76.4. The SMILES string of the molecule is COC(=O)[C@H](Cc1ccc(C2CCN(Cc3ccccc3)CC2)cc1)NC(=O)c1c(Cl)cccc1Cl.COC(=O)[C@H](Cc1ccc(C2CCNCC2)cc1)NC(=O)c1c(Cl)cccc1Cl.O=C(N[C@@H](Cc1ccc(C2CCN(Cc3ccccc3)CC2)cc1)C(=O)O)c1c(Cl)cccc1Cl. The summed E-state index contributed by atoms with van der Waals surface area (Å²) >= 11 is 36.7. The predicted octanol–water partition coefficient (Wildman–Crippen LogP) is 15.7. The van der Waals surface area contributed by atoms with Gasteiger partial charge in [0, 0.05) is 32.4 Å². The van der Waals surface area contributed by atoms with Crippen molar-refractivity contribution in [2.24, 2.45) is 0 Å². The number of halogens is 6. The van der Waals surface area contributed by atoms with Crippen molar-refractivity contribution in [3.8, 4) is 0 Å². The monoisotopic (exact) mass is 1470 g/mol. The van der Waals surface area contributed by atoms with E-state index in [1.807, 2.05) is 42.5 Å². The van der Waals surface area contributed by atoms with Gasteiger partial charge in [0.1, 0.15) is 18.1 Å². The summed E-state index contributed by atoms with van der Waals surface area (Å²) in [4.78, 5) is 79.6. The van der Waals surface area contributed by atoms with Crippen molar-refractivity contribution in [1.29, 1.82) is 0 Å². The number of nitrogens with one attached hydrogen (secondary N) is 4. The van der Waals surface area contributed by atoms with Crippen LogP contribution in [0.25, 0.3) is 0 Å². The van der Waals surface area contributed by atoms with E-state index in [2.05, 4.69) is 122 Å². The first-order valence-electron chi connectivity index (χ1n) is 33.5. The zero-order chi connectivity index (χ0) is 71.1. The van der Waals surface area contributed by atoms with Crippen LogP contribution in [0.4, 0.5) is 0 Å². The molecule has 3 aliphatic rings. The van der Waals surface area contributed by atoms with E-state index in [1.165, 1.54) is 42.0 Å². The number of carbonyl (C=O) groups excluding carboxylic acids is 5. The summed E-state index contributed by atoms with van der Waals surface area (Å²) in [6.07, 6.45) is 7.45. The van der Waals surface area contributed by atoms with Crippen LogP contribution in [0.5, 0.6) is 0 Å². The molecular weight excluding hydrogens is 1390 g/mol. The fourth-order valence-electron chi connectivity index (χ4n) is 12.9. The first-order chi connectivity index (χ1) is 48.3. The molecule has 0 bridgehead atoms. The third-order valence-corrected chi connectivity index (χ3v) is 20.3. The van der Waals surface area contributed by atoms with Gasteiger partial charge >= 0.3 is 17.9 Å². The highest BCUT2D eigenvalue weighted by Crippen LogP contribution is 2.33. The number of benzene rings is 8. The van der Waals surface area contributed by atoms with Gasteiger partial charge in [-0.05, 0) is 176 Å². The average Bonchev–Trinajstić information content (AvgIpc) is 0.852. The molecule has 0 saturated carbocycles. The summed E-state index contributed by atoms with van der Waals surface area (Å²) in [6, 6.07) is 57.3. The van der Waals surface area contributed by atoms with E-state index < -0.39 is 53.8 Å². The zero-order valence-electron chi connectivity index (χ0n) is 55.8. The lowest BCUT2D eigenvalue weighted by atomic mass is 9.88. The second-order valence-electron chi connectivity index (χ2n) is 25.2. The number of amides is 3. The Kier molecular flexibility index (Phi) is 29.2. The third-order valence-electron chi connectivity index (χ3n) is 18.4. The second-order valence-corrected chi connectivity index (χ2v) is 27.6. The molecule has 0 unspecified atom stereocenters. The Balaban J connectivity index is 0.000000176. The molecule has 3 fully saturated rings. The van der Waals surface area contributed by atoms with E-state index in [9.17, 15) is 33.9 Å². The van der Waals surface area contributed by atoms with Crippen molar-refractivity contribution >= 4 is 105 Å². The minimum absolute atomic E-state index is 0.0797. The zero-order valence-corrected chi connectivity index (χ0v) is 60.3. The van der Waals surface area contributed by atoms with Crippen molar-refractivity contribution in [2.45, 2.75) is 107 Å². The molecule has 3 heterocycles. The molecule has 8 aromatic carbocycles. The van der Waals surface area contributed by atoms with Crippen LogP contribution in [0, 0.1) is 0 Å². The number of hydrogen-bond acceptors (Lipinski definition) is 11. The number of piperidine rings is 3. The van der Waals surface area contributed by atoms with Gasteiger partial charge in [0.2, 0.25) is 0 Å². The largest absolute Gasteiger partial charge is 0.480 e. The van der Waals surface area contributed by atoms with Gasteiger partial charge in [-0.2, -0.15) is 0 Å². The maximum Gasteiger partial charge on any atom is 0.328 e. The number of rotatable bonds is 22. The van der Waals surface area contributed by atoms with Crippen LogP contribution in [-0.2, 0) is 56.2 Å². The predicted molar refractivity (Wildman–Crippen MR) is 397 cm³/mol. The van der Waals surface area contributed by atoms with Gasteiger partial charge in [-0.1, -0.05) is 221 Å². The molecular formula is C79H82Cl6N6O9. The molecule has 21 heteroatoms. The molecule has 3 amide bonds. The van der Waals surface area contributed by atoms with Crippen LogP contribution >= 0.6 is 69.6 Å². The van der Waals surface area contributed by atoms with Gasteiger partial charge in [-0.15, -0.1) is 0 Å². The summed E-state index contributed by atoms with van der Waals surface area (Å²) in [6.45, 7) is 8.30. The number of hydrogen-bond donors (Lipinski definition) is 5. The standard InChI is InChI=1S/C29H30Cl2N2O3.C28H28Cl2N2O3.C22H24Cl2N2O3/c1-36-29(35)26(32-28(34)27-24(30)8-5-9-25(27)31)18-20-10-12-22(13-11-20)23-14-16-33(17-15-23)19-21-6-3-2-4-7-21;29-23-7-4-8-24(30)26(23)27(33)31-25(28(34)35)17-19-9-11-21(12-10-19)22-13-15-32(16-14-22)18-20-5-2-1-3-6-20;1-29-22(28)19(26-21(27)20-17(23)3-2-4-18(20)24)13-14-5-7-15(8-6-14)16-9-11-25-12-10-16/h2-13,23,26H,14-19H2,1H3,(H,32,34);1-12,22,25H,13-18H2,(H,31,33)(H,34,35);2-8,16,19,25H,9-13H2,1H3,(H,26,27)/t26-;25-;19-/m000/s1. The van der Waals surface area contributed by atoms with E-state index >= 15 is 0 Å². The molecule has 3 aliphatic heterocycles. The molecule has 0 radical (unpaired) electrons. The molecule has 8 aromatic rings. The number of methoxy groups -OCH3 is 2. The number of ether oxygens (including phenoxy) is 2. The van der Waals surface area contributed by atoms with Crippen LogP contribution < -0.4 is 21.3 Å². The normalized spacial score (nSPS) is 15.4. The van der Waals surface area contributed by atoms with E-state index in [1.54, 1.807) is 54.6 Å². The summed E-state index contributed by atoms with van der Waals surface area (Å²) < 4.78 is 9.80. The maximum atomic E-state index is 12.8. The van der Waals surface area contributed by atoms with E-state index in [-0.39, 0.29) is 53.2 Å². The Morgan fingerprint density at radius 1 is 0.390 bits per heavy atom. The smallest absolute Gasteiger partial charge is 0.328 e. The Labute approximate surface area is 615 Å². The van der Waals surface area contributed by atoms with E-state index in [0.717, 1.165) is 108 Å². The Hall–Kier alpha value is -7.80. The molecule has 0 aromatic heterocycles. The molecule has 5 N–H and O–H groups in total. The highest BCUT2D eigenvalue weighted by atomic mass is 35.5. The highest BCUT2D eigenvalue weighted by Gasteiger charge is 2.30. The van der Waals surface area contributed by atoms with Crippen LogP contribution in [0.15, 0.2) is 188 Å². The fourth-order valence-corrected chi connectivity index (χ4v) is 14.6. The van der Waals surface area contributed by atoms with Gasteiger partial charge in [0.15, 0.2) is 0 Å². The van der Waals surface area contributed by atoms with E-state index in [0.29, 0.717) is 30.6 Å². The minimum atomic E-state index is -1.11. The minimum Gasteiger partial charge on any atom is -0.480 e. The van der Waals surface area contributed by atoms with Crippen LogP contribution in [0.3, 0.4) is 0 Å². The number of carbonyl (C=O) groups is 6. The number of carboxylic acids is 1. The molecule has 0 spiro atoms. The van der Waals surface area contributed by atoms with Gasteiger partial charge in [-0.3, -0.25) is 24.2 Å². The maximum absolute atomic E-state index is 12.8. The lowest BCUT2D eigenvalue weighted by Gasteiger charge is -2.32. The molecule has 0 aliphatic carbocycles. The molecule has 11 rings (SSSR count). The molecule has 100 heavy (non-hydrogen) atoms. The number of nitrogens with zero attached hydrogens (tertiary/aromatic N) is 2. The van der Waals surface area contributed by atoms with Crippen molar-refractivity contribution in [3.05, 3.63) is 279 Å². The van der Waals surface area contributed by atoms with Crippen molar-refractivity contribution < 1.29 is 43.3 Å². The lowest BCUT2D eigenvalue weighted by molar-refractivity contribution is -0.143. The highest BCUT2D eigenvalue weighted by molar-refractivity contribution is 6.41. The van der Waals surface area contributed by atoms with Gasteiger partial charge in [-0.25, -0.2) is 14.4 Å². The Bertz CT molecular complexity index is 3960. The second kappa shape index (κ2) is 38.3. The van der Waals surface area contributed by atoms with Gasteiger partial charge in [0.25, 0.3) is 17.7 Å². The fraction of sp³-hybridized carbons (Fsp3) is 0.316. The van der Waals surface area contributed by atoms with Gasteiger partial charge in [0.05, 0.1) is 61.0 Å². The lowest BCUT2D eigenvalue weighted by Crippen LogP contribution is -2.43. The van der Waals surface area contributed by atoms with Gasteiger partial charge < -0.3 is 35.8 Å². The van der Waals surface area contributed by atoms with Crippen molar-refractivity contribution in [3.63, 3.8) is 0 Å². The number of esters is 2. The quantitative estimate of drug-likeness (QED) is 0.0404. The topological polar surface area (TPSA) is 196 Å². The number of aliphatic carboxylic acids is 1. The Morgan fingerprint density at radius 3 is 0.960 bits per heavy atom. The Morgan fingerprint density at radius 2 is 0.670 bits per heavy atom. The molecule has 524 valence electrons. The summed E-state index contributed by atoms with van der Waals surface area (Å²) in [7, 11) is 2.60. The van der Waals surface area contributed by atoms with Crippen LogP contribution in [0.1, 0.15) is 132 Å². The summed E-state index contributed by atoms with van der Waals surface area (Å²) in [5, 5.41) is 22.3.